The topological polar surface area (TPSA) is 62.1 Å². The van der Waals surface area contributed by atoms with Gasteiger partial charge < -0.3 is 9.84 Å². The molecule has 27 heavy (non-hydrogen) atoms. The Kier molecular flexibility index (Phi) is 5.72. The zero-order valence-corrected chi connectivity index (χ0v) is 16.1. The second kappa shape index (κ2) is 8.02. The maximum absolute atomic E-state index is 13.1. The normalized spacial score (nSPS) is 17.2. The molecule has 1 aliphatic heterocycles. The molecule has 1 fully saturated rings. The van der Waals surface area contributed by atoms with Crippen LogP contribution >= 0.6 is 23.4 Å². The number of benzene rings is 2. The number of aliphatic imine (C=N–C) groups is 1. The molecule has 2 aromatic carbocycles. The summed E-state index contributed by atoms with van der Waals surface area (Å²) in [5.41, 5.74) is 0.910. The molecule has 1 heterocycles. The number of likely N-dealkylation sites (N-methyl/N-ethyl adjacent to an activating group) is 1. The maximum Gasteiger partial charge on any atom is 0.266 e. The number of hydrogen-bond acceptors (Lipinski definition) is 5. The lowest BCUT2D eigenvalue weighted by atomic mass is 10.1. The minimum absolute atomic E-state index is 0.102. The zero-order chi connectivity index (χ0) is 19.6. The Labute approximate surface area is 165 Å². The highest BCUT2D eigenvalue weighted by molar-refractivity contribution is 8.18. The van der Waals surface area contributed by atoms with E-state index < -0.39 is 0 Å². The van der Waals surface area contributed by atoms with Crippen LogP contribution in [0.4, 0.5) is 10.1 Å². The van der Waals surface area contributed by atoms with Gasteiger partial charge in [0.05, 0.1) is 17.7 Å². The summed E-state index contributed by atoms with van der Waals surface area (Å²) in [5.74, 6) is -0.471. The first kappa shape index (κ1) is 19.3. The number of carbonyl (C=O) groups is 1. The van der Waals surface area contributed by atoms with Gasteiger partial charge in [-0.2, -0.15) is 0 Å². The van der Waals surface area contributed by atoms with E-state index in [1.165, 1.54) is 54.1 Å². The molecule has 0 aromatic heterocycles. The molecule has 0 spiro atoms. The van der Waals surface area contributed by atoms with Crippen LogP contribution in [-0.4, -0.2) is 34.7 Å². The highest BCUT2D eigenvalue weighted by Gasteiger charge is 2.32. The monoisotopic (exact) mass is 406 g/mol. The van der Waals surface area contributed by atoms with Gasteiger partial charge in [0.25, 0.3) is 5.91 Å². The fraction of sp³-hybridized carbons (Fsp3) is 0.158. The molecular formula is C19H16ClFN2O3S. The molecule has 5 nitrogen and oxygen atoms in total. The molecule has 0 bridgehead atoms. The second-order valence-electron chi connectivity index (χ2n) is 5.58. The molecule has 0 aliphatic carbocycles. The minimum Gasteiger partial charge on any atom is -0.504 e. The van der Waals surface area contributed by atoms with Gasteiger partial charge in [0.15, 0.2) is 16.7 Å². The number of thioether (sulfide) groups is 1. The first-order chi connectivity index (χ1) is 12.9. The predicted molar refractivity (Wildman–Crippen MR) is 106 cm³/mol. The standard InChI is InChI=1S/C19H16ClFN2O3S/c1-3-23-18(25)16(9-11-8-12(20)10-15(26-2)17(11)24)27-19(23)22-14-6-4-13(21)5-7-14/h4-10,24H,3H2,1-2H3/b16-9+,22-19?. The Balaban J connectivity index is 1.98. The Morgan fingerprint density at radius 3 is 2.67 bits per heavy atom. The van der Waals surface area contributed by atoms with Crippen molar-refractivity contribution >= 4 is 46.2 Å². The van der Waals surface area contributed by atoms with Crippen LogP contribution in [0.1, 0.15) is 12.5 Å². The van der Waals surface area contributed by atoms with E-state index in [0.717, 1.165) is 0 Å². The van der Waals surface area contributed by atoms with E-state index in [9.17, 15) is 14.3 Å². The van der Waals surface area contributed by atoms with E-state index in [4.69, 9.17) is 16.3 Å². The van der Waals surface area contributed by atoms with Crippen molar-refractivity contribution in [3.63, 3.8) is 0 Å². The molecule has 1 aliphatic rings. The highest BCUT2D eigenvalue weighted by atomic mass is 35.5. The minimum atomic E-state index is -0.354. The lowest BCUT2D eigenvalue weighted by molar-refractivity contribution is -0.122. The molecule has 1 amide bonds. The number of phenols is 1. The number of nitrogens with zero attached hydrogens (tertiary/aromatic N) is 2. The van der Waals surface area contributed by atoms with Crippen LogP contribution in [0.15, 0.2) is 46.3 Å². The summed E-state index contributed by atoms with van der Waals surface area (Å²) in [6.45, 7) is 2.26. The SMILES string of the molecule is CCN1C(=O)/C(=C\c2cc(Cl)cc(OC)c2O)SC1=Nc1ccc(F)cc1. The molecule has 8 heteroatoms. The summed E-state index contributed by atoms with van der Waals surface area (Å²) in [6.07, 6.45) is 1.55. The summed E-state index contributed by atoms with van der Waals surface area (Å²) in [7, 11) is 1.42. The van der Waals surface area contributed by atoms with E-state index in [1.807, 2.05) is 6.92 Å². The van der Waals surface area contributed by atoms with Crippen molar-refractivity contribution in [3.05, 3.63) is 57.7 Å². The van der Waals surface area contributed by atoms with Crippen LogP contribution in [0.3, 0.4) is 0 Å². The van der Waals surface area contributed by atoms with E-state index in [0.29, 0.717) is 32.9 Å². The second-order valence-corrected chi connectivity index (χ2v) is 7.02. The zero-order valence-electron chi connectivity index (χ0n) is 14.6. The summed E-state index contributed by atoms with van der Waals surface area (Å²) in [5, 5.41) is 11.1. The Morgan fingerprint density at radius 1 is 1.33 bits per heavy atom. The van der Waals surface area contributed by atoms with Crippen LogP contribution < -0.4 is 4.74 Å². The number of phenolic OH excluding ortho intramolecular Hbond substituents is 1. The summed E-state index contributed by atoms with van der Waals surface area (Å²) < 4.78 is 18.2. The van der Waals surface area contributed by atoms with Gasteiger partial charge in [0, 0.05) is 23.2 Å². The Hall–Kier alpha value is -2.51. The fourth-order valence-electron chi connectivity index (χ4n) is 2.50. The predicted octanol–water partition coefficient (Wildman–Crippen LogP) is 4.82. The number of hydrogen-bond donors (Lipinski definition) is 1. The molecule has 2 aromatic rings. The number of amides is 1. The number of methoxy groups -OCH3 is 1. The van der Waals surface area contributed by atoms with Crippen molar-refractivity contribution in [2.75, 3.05) is 13.7 Å². The number of halogens is 2. The quantitative estimate of drug-likeness (QED) is 0.739. The molecule has 1 saturated heterocycles. The van der Waals surface area contributed by atoms with Crippen molar-refractivity contribution in [1.82, 2.24) is 4.90 Å². The van der Waals surface area contributed by atoms with Gasteiger partial charge >= 0.3 is 0 Å². The Bertz CT molecular complexity index is 945. The summed E-state index contributed by atoms with van der Waals surface area (Å²) >= 11 is 7.22. The van der Waals surface area contributed by atoms with Crippen LogP contribution in [0.2, 0.25) is 5.02 Å². The third kappa shape index (κ3) is 4.09. The molecular weight excluding hydrogens is 391 g/mol. The van der Waals surface area contributed by atoms with Crippen molar-refractivity contribution in [2.24, 2.45) is 4.99 Å². The number of aromatic hydroxyl groups is 1. The van der Waals surface area contributed by atoms with Crippen LogP contribution in [0.5, 0.6) is 11.5 Å². The van der Waals surface area contributed by atoms with E-state index in [1.54, 1.807) is 12.1 Å². The Morgan fingerprint density at radius 2 is 2.04 bits per heavy atom. The van der Waals surface area contributed by atoms with E-state index in [2.05, 4.69) is 4.99 Å². The molecule has 3 rings (SSSR count). The lowest BCUT2D eigenvalue weighted by Gasteiger charge is -2.12. The number of rotatable bonds is 4. The van der Waals surface area contributed by atoms with Crippen molar-refractivity contribution in [2.45, 2.75) is 6.92 Å². The average Bonchev–Trinajstić information content (AvgIpc) is 2.94. The lowest BCUT2D eigenvalue weighted by Crippen LogP contribution is -2.28. The van der Waals surface area contributed by atoms with Crippen molar-refractivity contribution < 1.29 is 19.0 Å². The van der Waals surface area contributed by atoms with Crippen LogP contribution in [0, 0.1) is 5.82 Å². The number of amidine groups is 1. The van der Waals surface area contributed by atoms with Crippen LogP contribution in [0.25, 0.3) is 6.08 Å². The molecule has 0 radical (unpaired) electrons. The van der Waals surface area contributed by atoms with E-state index in [-0.39, 0.29) is 23.2 Å². The van der Waals surface area contributed by atoms with Gasteiger partial charge in [0.2, 0.25) is 0 Å². The fourth-order valence-corrected chi connectivity index (χ4v) is 3.77. The first-order valence-electron chi connectivity index (χ1n) is 8.05. The van der Waals surface area contributed by atoms with Crippen molar-refractivity contribution in [3.8, 4) is 11.5 Å². The molecule has 0 saturated carbocycles. The first-order valence-corrected chi connectivity index (χ1v) is 9.24. The highest BCUT2D eigenvalue weighted by Crippen LogP contribution is 2.39. The summed E-state index contributed by atoms with van der Waals surface area (Å²) in [4.78, 5) is 19.0. The van der Waals surface area contributed by atoms with Gasteiger partial charge in [-0.25, -0.2) is 9.38 Å². The molecule has 0 unspecified atom stereocenters. The van der Waals surface area contributed by atoms with Gasteiger partial charge in [-0.05, 0) is 55.1 Å². The molecule has 1 N–H and O–H groups in total. The van der Waals surface area contributed by atoms with Crippen molar-refractivity contribution in [1.29, 1.82) is 0 Å². The number of carbonyl (C=O) groups excluding carboxylic acids is 1. The largest absolute Gasteiger partial charge is 0.504 e. The molecule has 0 atom stereocenters. The van der Waals surface area contributed by atoms with Gasteiger partial charge in [-0.3, -0.25) is 9.69 Å². The van der Waals surface area contributed by atoms with Gasteiger partial charge in [-0.1, -0.05) is 11.6 Å². The number of ether oxygens (including phenoxy) is 1. The average molecular weight is 407 g/mol. The van der Waals surface area contributed by atoms with Gasteiger partial charge in [-0.15, -0.1) is 0 Å². The van der Waals surface area contributed by atoms with Crippen LogP contribution in [-0.2, 0) is 4.79 Å². The third-order valence-corrected chi connectivity index (χ3v) is 5.06. The molecule has 140 valence electrons. The summed E-state index contributed by atoms with van der Waals surface area (Å²) in [6, 6.07) is 8.73. The third-order valence-electron chi connectivity index (χ3n) is 3.83. The van der Waals surface area contributed by atoms with E-state index >= 15 is 0 Å². The maximum atomic E-state index is 13.1. The smallest absolute Gasteiger partial charge is 0.266 e. The van der Waals surface area contributed by atoms with Gasteiger partial charge in [0.1, 0.15) is 5.82 Å².